The lowest BCUT2D eigenvalue weighted by atomic mass is 9.84. The number of carbonyl (C=O) groups excluding carboxylic acids is 2. The number of aryl methyl sites for hydroxylation is 1. The molecule has 0 radical (unpaired) electrons. The molecule has 2 aliphatic rings. The first kappa shape index (κ1) is 33.3. The molecule has 3 aromatic carbocycles. The van der Waals surface area contributed by atoms with Gasteiger partial charge in [0.1, 0.15) is 23.8 Å². The lowest BCUT2D eigenvalue weighted by Crippen LogP contribution is -2.57. The van der Waals surface area contributed by atoms with Gasteiger partial charge in [0, 0.05) is 43.3 Å². The average molecular weight is 651 g/mol. The standard InChI is InChI=1S/C39H46N4O5/c1-28-12-10-15-30-19-22-40-35(34(28)30)43(31-16-11-23-42(26-31)37(45)48-38(2,3)4)36(44)41-24-20-39(46,21-25-41)32-17-8-9-18-33(32)47-27-29-13-6-5-7-14-29/h5-10,12-15,17-19,22,31,46H,11,16,20-21,23-27H2,1-4H3/t31-/m1/s1. The van der Waals surface area contributed by atoms with Crippen LogP contribution in [0.5, 0.6) is 5.75 Å². The number of aliphatic hydroxyl groups is 1. The Balaban J connectivity index is 1.26. The molecule has 4 aromatic rings. The summed E-state index contributed by atoms with van der Waals surface area (Å²) in [7, 11) is 0. The van der Waals surface area contributed by atoms with Crippen molar-refractivity contribution < 1.29 is 24.2 Å². The number of anilines is 1. The van der Waals surface area contributed by atoms with Gasteiger partial charge in [-0.2, -0.15) is 0 Å². The van der Waals surface area contributed by atoms with Crippen LogP contribution in [0.25, 0.3) is 10.8 Å². The molecule has 9 heteroatoms. The first-order chi connectivity index (χ1) is 23.0. The molecule has 1 N–H and O–H groups in total. The highest BCUT2D eigenvalue weighted by Gasteiger charge is 2.41. The van der Waals surface area contributed by atoms with Gasteiger partial charge in [-0.3, -0.25) is 4.90 Å². The summed E-state index contributed by atoms with van der Waals surface area (Å²) in [5, 5.41) is 13.9. The van der Waals surface area contributed by atoms with Crippen LogP contribution in [0.4, 0.5) is 15.4 Å². The van der Waals surface area contributed by atoms with E-state index in [2.05, 4.69) is 0 Å². The van der Waals surface area contributed by atoms with Gasteiger partial charge in [0.05, 0.1) is 11.6 Å². The minimum absolute atomic E-state index is 0.176. The van der Waals surface area contributed by atoms with Crippen molar-refractivity contribution >= 4 is 28.7 Å². The van der Waals surface area contributed by atoms with Gasteiger partial charge in [-0.1, -0.05) is 66.7 Å². The van der Waals surface area contributed by atoms with Crippen LogP contribution in [0, 0.1) is 6.92 Å². The first-order valence-corrected chi connectivity index (χ1v) is 16.9. The number of ether oxygens (including phenoxy) is 2. The number of hydrogen-bond acceptors (Lipinski definition) is 6. The zero-order valence-electron chi connectivity index (χ0n) is 28.4. The number of likely N-dealkylation sites (tertiary alicyclic amines) is 2. The third-order valence-electron chi connectivity index (χ3n) is 9.31. The first-order valence-electron chi connectivity index (χ1n) is 16.9. The normalized spacial score (nSPS) is 18.0. The molecule has 6 rings (SSSR count). The summed E-state index contributed by atoms with van der Waals surface area (Å²) in [6.07, 6.45) is 3.53. The molecule has 0 unspecified atom stereocenters. The molecule has 9 nitrogen and oxygen atoms in total. The van der Waals surface area contributed by atoms with Gasteiger partial charge < -0.3 is 24.4 Å². The van der Waals surface area contributed by atoms with Gasteiger partial charge >= 0.3 is 12.1 Å². The fourth-order valence-corrected chi connectivity index (χ4v) is 6.85. The van der Waals surface area contributed by atoms with E-state index in [1.54, 1.807) is 16.0 Å². The van der Waals surface area contributed by atoms with E-state index < -0.39 is 11.2 Å². The molecule has 3 heterocycles. The Kier molecular flexibility index (Phi) is 9.60. The average Bonchev–Trinajstić information content (AvgIpc) is 3.08. The van der Waals surface area contributed by atoms with Crippen LogP contribution < -0.4 is 9.64 Å². The molecule has 48 heavy (non-hydrogen) atoms. The SMILES string of the molecule is Cc1cccc2ccnc(N(C(=O)N3CCC(O)(c4ccccc4OCc4ccccc4)CC3)[C@@H]3CCCN(C(=O)OC(C)(C)C)C3)c12. The van der Waals surface area contributed by atoms with Crippen LogP contribution >= 0.6 is 0 Å². The number of amides is 3. The Bertz CT molecular complexity index is 1740. The number of rotatable bonds is 6. The summed E-state index contributed by atoms with van der Waals surface area (Å²) < 4.78 is 11.9. The molecule has 252 valence electrons. The third kappa shape index (κ3) is 7.26. The van der Waals surface area contributed by atoms with Gasteiger partial charge in [0.15, 0.2) is 0 Å². The Labute approximate surface area is 283 Å². The number of fused-ring (bicyclic) bond motifs is 1. The van der Waals surface area contributed by atoms with Gasteiger partial charge in [0.2, 0.25) is 0 Å². The summed E-state index contributed by atoms with van der Waals surface area (Å²) in [6, 6.07) is 25.1. The molecule has 2 aliphatic heterocycles. The third-order valence-corrected chi connectivity index (χ3v) is 9.31. The van der Waals surface area contributed by atoms with Gasteiger partial charge in [0.25, 0.3) is 0 Å². The number of piperidine rings is 2. The van der Waals surface area contributed by atoms with Crippen molar-refractivity contribution in [1.82, 2.24) is 14.8 Å². The van der Waals surface area contributed by atoms with Crippen LogP contribution in [0.15, 0.2) is 85.1 Å². The van der Waals surface area contributed by atoms with Crippen LogP contribution in [-0.4, -0.2) is 69.8 Å². The predicted molar refractivity (Wildman–Crippen MR) is 187 cm³/mol. The molecule has 3 amide bonds. The Morgan fingerprint density at radius 3 is 2.42 bits per heavy atom. The Morgan fingerprint density at radius 1 is 0.938 bits per heavy atom. The van der Waals surface area contributed by atoms with Crippen molar-refractivity contribution in [3.05, 3.63) is 102 Å². The van der Waals surface area contributed by atoms with Gasteiger partial charge in [-0.05, 0) is 82.0 Å². The van der Waals surface area contributed by atoms with Crippen molar-refractivity contribution in [3.63, 3.8) is 0 Å². The van der Waals surface area contributed by atoms with Crippen molar-refractivity contribution in [2.75, 3.05) is 31.1 Å². The largest absolute Gasteiger partial charge is 0.489 e. The highest BCUT2D eigenvalue weighted by atomic mass is 16.6. The van der Waals surface area contributed by atoms with E-state index in [9.17, 15) is 14.7 Å². The number of nitrogens with zero attached hydrogens (tertiary/aromatic N) is 4. The predicted octanol–water partition coefficient (Wildman–Crippen LogP) is 7.43. The molecule has 1 aromatic heterocycles. The molecule has 2 fully saturated rings. The second-order valence-corrected chi connectivity index (χ2v) is 14.0. The second-order valence-electron chi connectivity index (χ2n) is 14.0. The Hall–Kier alpha value is -4.63. The highest BCUT2D eigenvalue weighted by molar-refractivity contribution is 6.03. The molecule has 0 aliphatic carbocycles. The number of benzene rings is 3. The summed E-state index contributed by atoms with van der Waals surface area (Å²) >= 11 is 0. The Morgan fingerprint density at radius 2 is 1.67 bits per heavy atom. The zero-order valence-corrected chi connectivity index (χ0v) is 28.4. The maximum Gasteiger partial charge on any atom is 0.410 e. The number of pyridine rings is 1. The van der Waals surface area contributed by atoms with Crippen molar-refractivity contribution in [3.8, 4) is 5.75 Å². The smallest absolute Gasteiger partial charge is 0.410 e. The minimum atomic E-state index is -1.15. The fourth-order valence-electron chi connectivity index (χ4n) is 6.85. The fraction of sp³-hybridized carbons (Fsp3) is 0.410. The summed E-state index contributed by atoms with van der Waals surface area (Å²) in [4.78, 5) is 38.0. The summed E-state index contributed by atoms with van der Waals surface area (Å²) in [6.45, 7) is 9.61. The summed E-state index contributed by atoms with van der Waals surface area (Å²) in [5.41, 5.74) is 1.03. The van der Waals surface area contributed by atoms with E-state index in [0.29, 0.717) is 57.2 Å². The molecule has 0 bridgehead atoms. The van der Waals surface area contributed by atoms with Crippen LogP contribution in [-0.2, 0) is 16.9 Å². The van der Waals surface area contributed by atoms with E-state index in [-0.39, 0.29) is 18.2 Å². The minimum Gasteiger partial charge on any atom is -0.489 e. The van der Waals surface area contributed by atoms with Crippen molar-refractivity contribution in [2.45, 2.75) is 77.2 Å². The number of urea groups is 1. The van der Waals surface area contributed by atoms with Crippen LogP contribution in [0.3, 0.4) is 0 Å². The van der Waals surface area contributed by atoms with E-state index in [1.807, 2.05) is 111 Å². The number of carbonyl (C=O) groups is 2. The van der Waals surface area contributed by atoms with E-state index >= 15 is 0 Å². The van der Waals surface area contributed by atoms with E-state index in [4.69, 9.17) is 14.5 Å². The van der Waals surface area contributed by atoms with Crippen molar-refractivity contribution in [2.24, 2.45) is 0 Å². The van der Waals surface area contributed by atoms with E-state index in [0.717, 1.165) is 40.3 Å². The molecule has 2 saturated heterocycles. The van der Waals surface area contributed by atoms with Crippen molar-refractivity contribution in [1.29, 1.82) is 0 Å². The summed E-state index contributed by atoms with van der Waals surface area (Å²) in [5.74, 6) is 1.23. The zero-order chi connectivity index (χ0) is 33.9. The molecular weight excluding hydrogens is 604 g/mol. The number of hydrogen-bond donors (Lipinski definition) is 1. The maximum absolute atomic E-state index is 14.7. The highest BCUT2D eigenvalue weighted by Crippen LogP contribution is 2.39. The molecule has 0 spiro atoms. The molecule has 0 saturated carbocycles. The van der Waals surface area contributed by atoms with E-state index in [1.165, 1.54) is 0 Å². The number of aromatic nitrogens is 1. The van der Waals surface area contributed by atoms with Crippen LogP contribution in [0.2, 0.25) is 0 Å². The molecular formula is C39H46N4O5. The monoisotopic (exact) mass is 650 g/mol. The topological polar surface area (TPSA) is 95.4 Å². The second kappa shape index (κ2) is 13.8. The maximum atomic E-state index is 14.7. The molecule has 1 atom stereocenters. The van der Waals surface area contributed by atoms with Gasteiger partial charge in [-0.25, -0.2) is 14.6 Å². The lowest BCUT2D eigenvalue weighted by molar-refractivity contribution is -0.0188. The quantitative estimate of drug-likeness (QED) is 0.233. The van der Waals surface area contributed by atoms with Gasteiger partial charge in [-0.15, -0.1) is 0 Å². The lowest BCUT2D eigenvalue weighted by Gasteiger charge is -2.44. The van der Waals surface area contributed by atoms with Crippen LogP contribution in [0.1, 0.15) is 63.1 Å². The number of para-hydroxylation sites is 1.